The van der Waals surface area contributed by atoms with Gasteiger partial charge >= 0.3 is 0 Å². The smallest absolute Gasteiger partial charge is 0.0411 e. The van der Waals surface area contributed by atoms with Crippen molar-refractivity contribution >= 4 is 11.6 Å². The molecule has 1 aliphatic carbocycles. The van der Waals surface area contributed by atoms with Gasteiger partial charge in [-0.3, -0.25) is 0 Å². The number of halogens is 1. The first-order valence-corrected chi connectivity index (χ1v) is 10.1. The summed E-state index contributed by atoms with van der Waals surface area (Å²) in [5.41, 5.74) is 4.29. The summed E-state index contributed by atoms with van der Waals surface area (Å²) in [5.74, 6) is 0.600. The van der Waals surface area contributed by atoms with Crippen molar-refractivity contribution in [1.82, 2.24) is 4.90 Å². The van der Waals surface area contributed by atoms with Crippen LogP contribution >= 0.6 is 11.6 Å². The Morgan fingerprint density at radius 3 is 2.24 bits per heavy atom. The Balaban J connectivity index is 1.45. The topological polar surface area (TPSA) is 3.24 Å². The maximum Gasteiger partial charge on any atom is 0.0411 e. The Morgan fingerprint density at radius 1 is 1.00 bits per heavy atom. The summed E-state index contributed by atoms with van der Waals surface area (Å²) in [6.07, 6.45) is 4.64. The molecule has 1 fully saturated rings. The quantitative estimate of drug-likeness (QED) is 0.524. The first-order valence-electron chi connectivity index (χ1n) is 9.68. The van der Waals surface area contributed by atoms with Crippen molar-refractivity contribution < 1.29 is 0 Å². The van der Waals surface area contributed by atoms with Gasteiger partial charge in [-0.1, -0.05) is 61.5 Å². The van der Waals surface area contributed by atoms with Gasteiger partial charge in [-0.2, -0.15) is 0 Å². The highest BCUT2D eigenvalue weighted by molar-refractivity contribution is 6.23. The second-order valence-corrected chi connectivity index (χ2v) is 7.91. The van der Waals surface area contributed by atoms with Crippen LogP contribution in [0.5, 0.6) is 0 Å². The molecule has 0 saturated heterocycles. The normalized spacial score (nSPS) is 20.6. The molecule has 0 heterocycles. The minimum absolute atomic E-state index is 0.369. The number of hydrogen-bond donors (Lipinski definition) is 0. The molecule has 0 aliphatic heterocycles. The zero-order valence-corrected chi connectivity index (χ0v) is 16.3. The highest BCUT2D eigenvalue weighted by Crippen LogP contribution is 2.45. The third-order valence-electron chi connectivity index (χ3n) is 5.53. The molecule has 0 radical (unpaired) electrons. The molecule has 0 amide bonds. The average Bonchev–Trinajstić information content (AvgIpc) is 3.38. The first-order chi connectivity index (χ1) is 12.2. The zero-order chi connectivity index (χ0) is 17.6. The van der Waals surface area contributed by atoms with E-state index in [-0.39, 0.29) is 0 Å². The van der Waals surface area contributed by atoms with Crippen molar-refractivity contribution in [3.63, 3.8) is 0 Å². The van der Waals surface area contributed by atoms with Gasteiger partial charge in [-0.05, 0) is 55.8 Å². The molecule has 1 saturated carbocycles. The molecule has 3 unspecified atom stereocenters. The zero-order valence-electron chi connectivity index (χ0n) is 15.5. The Morgan fingerprint density at radius 2 is 1.64 bits per heavy atom. The molecular weight excluding hydrogens is 326 g/mol. The van der Waals surface area contributed by atoms with Gasteiger partial charge in [0.1, 0.15) is 0 Å². The second kappa shape index (κ2) is 8.87. The van der Waals surface area contributed by atoms with E-state index in [1.165, 1.54) is 23.1 Å². The van der Waals surface area contributed by atoms with Gasteiger partial charge in [0.2, 0.25) is 0 Å². The molecular formula is C23H30ClN. The molecule has 1 nitrogen and oxygen atoms in total. The van der Waals surface area contributed by atoms with Gasteiger partial charge in [0.25, 0.3) is 0 Å². The molecule has 0 spiro atoms. The maximum absolute atomic E-state index is 6.15. The predicted octanol–water partition coefficient (Wildman–Crippen LogP) is 5.67. The van der Waals surface area contributed by atoms with E-state index in [2.05, 4.69) is 73.3 Å². The average molecular weight is 356 g/mol. The molecule has 25 heavy (non-hydrogen) atoms. The first kappa shape index (κ1) is 18.5. The van der Waals surface area contributed by atoms with E-state index in [4.69, 9.17) is 11.6 Å². The summed E-state index contributed by atoms with van der Waals surface area (Å²) in [7, 11) is 0. The summed E-state index contributed by atoms with van der Waals surface area (Å²) in [4.78, 5) is 2.60. The molecule has 2 aromatic rings. The van der Waals surface area contributed by atoms with Crippen LogP contribution in [0.2, 0.25) is 0 Å². The predicted molar refractivity (Wildman–Crippen MR) is 109 cm³/mol. The van der Waals surface area contributed by atoms with Crippen LogP contribution in [-0.4, -0.2) is 29.4 Å². The van der Waals surface area contributed by atoms with Crippen LogP contribution in [0, 0.1) is 0 Å². The summed E-state index contributed by atoms with van der Waals surface area (Å²) < 4.78 is 0. The van der Waals surface area contributed by atoms with Crippen molar-refractivity contribution in [2.75, 3.05) is 13.1 Å². The fourth-order valence-electron chi connectivity index (χ4n) is 3.61. The molecule has 3 rings (SSSR count). The summed E-state index contributed by atoms with van der Waals surface area (Å²) in [6, 6.07) is 20.6. The van der Waals surface area contributed by atoms with Crippen molar-refractivity contribution in [3.05, 3.63) is 71.3 Å². The summed E-state index contributed by atoms with van der Waals surface area (Å²) in [6.45, 7) is 6.89. The lowest BCUT2D eigenvalue weighted by atomic mass is 10.0. The van der Waals surface area contributed by atoms with Gasteiger partial charge < -0.3 is 4.90 Å². The van der Waals surface area contributed by atoms with Gasteiger partial charge in [-0.15, -0.1) is 11.6 Å². The third-order valence-corrected chi connectivity index (χ3v) is 6.01. The van der Waals surface area contributed by atoms with E-state index in [0.717, 1.165) is 32.4 Å². The lowest BCUT2D eigenvalue weighted by Gasteiger charge is -2.28. The Bertz CT molecular complexity index is 637. The van der Waals surface area contributed by atoms with Crippen LogP contribution in [0.15, 0.2) is 54.6 Å². The third kappa shape index (κ3) is 5.33. The van der Waals surface area contributed by atoms with Crippen molar-refractivity contribution in [3.8, 4) is 0 Å². The lowest BCUT2D eigenvalue weighted by Crippen LogP contribution is -2.35. The number of alkyl halides is 1. The SMILES string of the molecule is CCN(CCc1ccccc1)C(C)CCc1ccc(C2CC2Cl)cc1. The van der Waals surface area contributed by atoms with Gasteiger partial charge in [-0.25, -0.2) is 0 Å². The number of aryl methyl sites for hydroxylation is 1. The number of benzene rings is 2. The van der Waals surface area contributed by atoms with Crippen LogP contribution in [0.1, 0.15) is 49.3 Å². The van der Waals surface area contributed by atoms with E-state index in [0.29, 0.717) is 17.3 Å². The largest absolute Gasteiger partial charge is 0.301 e. The lowest BCUT2D eigenvalue weighted by molar-refractivity contribution is 0.212. The Labute approximate surface area is 158 Å². The Kier molecular flexibility index (Phi) is 6.56. The molecule has 0 bridgehead atoms. The van der Waals surface area contributed by atoms with Gasteiger partial charge in [0, 0.05) is 23.9 Å². The van der Waals surface area contributed by atoms with Crippen molar-refractivity contribution in [2.24, 2.45) is 0 Å². The monoisotopic (exact) mass is 355 g/mol. The molecule has 2 heteroatoms. The minimum Gasteiger partial charge on any atom is -0.301 e. The number of hydrogen-bond acceptors (Lipinski definition) is 1. The van der Waals surface area contributed by atoms with E-state index in [1.54, 1.807) is 0 Å². The maximum atomic E-state index is 6.15. The standard InChI is InChI=1S/C23H30ClN/c1-3-25(16-15-19-7-5-4-6-8-19)18(2)9-10-20-11-13-21(14-12-20)22-17-23(22)24/h4-8,11-14,18,22-23H,3,9-10,15-17H2,1-2H3. The number of nitrogens with zero attached hydrogens (tertiary/aromatic N) is 1. The molecule has 1 aliphatic rings. The number of rotatable bonds is 9. The van der Waals surface area contributed by atoms with Crippen molar-refractivity contribution in [2.45, 2.75) is 56.9 Å². The fraction of sp³-hybridized carbons (Fsp3) is 0.478. The molecule has 0 aromatic heterocycles. The molecule has 134 valence electrons. The van der Waals surface area contributed by atoms with E-state index < -0.39 is 0 Å². The molecule has 2 aromatic carbocycles. The van der Waals surface area contributed by atoms with Crippen LogP contribution in [0.4, 0.5) is 0 Å². The Hall–Kier alpha value is -1.31. The van der Waals surface area contributed by atoms with Crippen LogP contribution in [0.25, 0.3) is 0 Å². The second-order valence-electron chi connectivity index (χ2n) is 7.35. The summed E-state index contributed by atoms with van der Waals surface area (Å²) in [5, 5.41) is 0.369. The van der Waals surface area contributed by atoms with E-state index in [1.807, 2.05) is 0 Å². The highest BCUT2D eigenvalue weighted by Gasteiger charge is 2.36. The fourth-order valence-corrected chi connectivity index (χ4v) is 3.94. The highest BCUT2D eigenvalue weighted by atomic mass is 35.5. The molecule has 0 N–H and O–H groups in total. The van der Waals surface area contributed by atoms with E-state index in [9.17, 15) is 0 Å². The van der Waals surface area contributed by atoms with E-state index >= 15 is 0 Å². The minimum atomic E-state index is 0.369. The van der Waals surface area contributed by atoms with Crippen LogP contribution in [-0.2, 0) is 12.8 Å². The van der Waals surface area contributed by atoms with Gasteiger partial charge in [0.05, 0.1) is 0 Å². The number of likely N-dealkylation sites (N-methyl/N-ethyl adjacent to an activating group) is 1. The van der Waals surface area contributed by atoms with Gasteiger partial charge in [0.15, 0.2) is 0 Å². The van der Waals surface area contributed by atoms with Crippen LogP contribution < -0.4 is 0 Å². The van der Waals surface area contributed by atoms with Crippen LogP contribution in [0.3, 0.4) is 0 Å². The molecule has 3 atom stereocenters. The summed E-state index contributed by atoms with van der Waals surface area (Å²) >= 11 is 6.15. The van der Waals surface area contributed by atoms with Crippen molar-refractivity contribution in [1.29, 1.82) is 0 Å².